The number of aryl methyl sites for hydroxylation is 3. The van der Waals surface area contributed by atoms with E-state index in [1.54, 1.807) is 0 Å². The first-order valence-electron chi connectivity index (χ1n) is 11.7. The van der Waals surface area contributed by atoms with Crippen LogP contribution in [0, 0.1) is 20.8 Å². The molecule has 0 spiro atoms. The molecular weight excluding hydrogens is 476 g/mol. The Morgan fingerprint density at radius 3 is 2.39 bits per heavy atom. The Labute approximate surface area is 210 Å². The van der Waals surface area contributed by atoms with Gasteiger partial charge in [-0.05, 0) is 98.3 Å². The van der Waals surface area contributed by atoms with Gasteiger partial charge in [-0.1, -0.05) is 23.3 Å². The van der Waals surface area contributed by atoms with E-state index in [0.717, 1.165) is 35.1 Å². The van der Waals surface area contributed by atoms with Crippen molar-refractivity contribution in [2.24, 2.45) is 0 Å². The van der Waals surface area contributed by atoms with E-state index in [1.165, 1.54) is 34.1 Å². The molecule has 0 aliphatic carbocycles. The number of fused-ring (bicyclic) bond motifs is 1. The van der Waals surface area contributed by atoms with Gasteiger partial charge in [0.15, 0.2) is 0 Å². The van der Waals surface area contributed by atoms with Gasteiger partial charge in [0.1, 0.15) is 0 Å². The van der Waals surface area contributed by atoms with Crippen molar-refractivity contribution in [3.05, 3.63) is 88.5 Å². The summed E-state index contributed by atoms with van der Waals surface area (Å²) in [6.45, 7) is 6.49. The number of nitrogens with one attached hydrogen (secondary N) is 1. The number of sulfonamides is 1. The lowest BCUT2D eigenvalue weighted by atomic mass is 10.0. The van der Waals surface area contributed by atoms with E-state index < -0.39 is 15.9 Å². The quantitative estimate of drug-likeness (QED) is 0.409. The molecule has 0 fully saturated rings. The zero-order valence-corrected chi connectivity index (χ0v) is 21.1. The zero-order valence-electron chi connectivity index (χ0n) is 20.3. The molecule has 1 amide bonds. The highest BCUT2D eigenvalue weighted by Crippen LogP contribution is 2.32. The van der Waals surface area contributed by atoms with Gasteiger partial charge < -0.3 is 4.42 Å². The SMILES string of the molecule is Cc1cc(-c2nnc(NC(=O)c3ccc(S(=O)(=O)N4CCCc5ccccc54)cc3)o2)cc(C)c1C. The molecule has 0 bridgehead atoms. The van der Waals surface area contributed by atoms with Crippen molar-refractivity contribution < 1.29 is 17.6 Å². The number of hydrogen-bond acceptors (Lipinski definition) is 6. The van der Waals surface area contributed by atoms with Crippen LogP contribution in [0.15, 0.2) is 70.0 Å². The Morgan fingerprint density at radius 2 is 1.67 bits per heavy atom. The van der Waals surface area contributed by atoms with E-state index >= 15 is 0 Å². The van der Waals surface area contributed by atoms with Gasteiger partial charge in [0.25, 0.3) is 15.9 Å². The van der Waals surface area contributed by atoms with Crippen molar-refractivity contribution in [3.63, 3.8) is 0 Å². The van der Waals surface area contributed by atoms with Crippen LogP contribution in [0.25, 0.3) is 11.5 Å². The molecule has 184 valence electrons. The summed E-state index contributed by atoms with van der Waals surface area (Å²) in [6.07, 6.45) is 1.60. The number of anilines is 2. The van der Waals surface area contributed by atoms with Crippen LogP contribution in [-0.2, 0) is 16.4 Å². The van der Waals surface area contributed by atoms with E-state index in [2.05, 4.69) is 22.4 Å². The molecule has 1 N–H and O–H groups in total. The van der Waals surface area contributed by atoms with Crippen molar-refractivity contribution >= 4 is 27.6 Å². The number of para-hydroxylation sites is 1. The summed E-state index contributed by atoms with van der Waals surface area (Å²) in [7, 11) is -3.75. The average Bonchev–Trinajstić information content (AvgIpc) is 3.35. The molecule has 1 aliphatic rings. The normalized spacial score (nSPS) is 13.4. The fraction of sp³-hybridized carbons (Fsp3) is 0.222. The molecule has 9 heteroatoms. The van der Waals surface area contributed by atoms with E-state index in [4.69, 9.17) is 4.42 Å². The lowest BCUT2D eigenvalue weighted by Crippen LogP contribution is -2.35. The molecular formula is C27H26N4O4S. The molecule has 36 heavy (non-hydrogen) atoms. The summed E-state index contributed by atoms with van der Waals surface area (Å²) in [6, 6.07) is 17.2. The maximum atomic E-state index is 13.3. The minimum Gasteiger partial charge on any atom is -0.403 e. The number of benzene rings is 3. The number of amides is 1. The molecule has 5 rings (SSSR count). The molecule has 0 saturated heterocycles. The third kappa shape index (κ3) is 4.37. The Balaban J connectivity index is 1.32. The van der Waals surface area contributed by atoms with Crippen LogP contribution in [0.4, 0.5) is 11.7 Å². The van der Waals surface area contributed by atoms with Gasteiger partial charge in [-0.2, -0.15) is 0 Å². The molecule has 0 radical (unpaired) electrons. The zero-order chi connectivity index (χ0) is 25.4. The number of rotatable bonds is 5. The van der Waals surface area contributed by atoms with Crippen molar-refractivity contribution in [1.82, 2.24) is 10.2 Å². The van der Waals surface area contributed by atoms with Crippen LogP contribution < -0.4 is 9.62 Å². The van der Waals surface area contributed by atoms with Crippen LogP contribution in [-0.4, -0.2) is 31.1 Å². The van der Waals surface area contributed by atoms with Gasteiger partial charge in [0.05, 0.1) is 10.6 Å². The van der Waals surface area contributed by atoms with Crippen molar-refractivity contribution in [2.45, 2.75) is 38.5 Å². The van der Waals surface area contributed by atoms with Crippen LogP contribution in [0.2, 0.25) is 0 Å². The summed E-state index contributed by atoms with van der Waals surface area (Å²) in [5.74, 6) is -0.173. The molecule has 0 unspecified atom stereocenters. The molecule has 1 aromatic heterocycles. The van der Waals surface area contributed by atoms with E-state index in [1.807, 2.05) is 50.2 Å². The second-order valence-corrected chi connectivity index (χ2v) is 10.8. The van der Waals surface area contributed by atoms with Gasteiger partial charge in [-0.15, -0.1) is 5.10 Å². The van der Waals surface area contributed by atoms with Gasteiger partial charge >= 0.3 is 6.01 Å². The lowest BCUT2D eigenvalue weighted by molar-refractivity contribution is 0.102. The Morgan fingerprint density at radius 1 is 0.972 bits per heavy atom. The third-order valence-electron chi connectivity index (χ3n) is 6.59. The summed E-state index contributed by atoms with van der Waals surface area (Å²) >= 11 is 0. The highest BCUT2D eigenvalue weighted by molar-refractivity contribution is 7.92. The number of nitrogens with zero attached hydrogens (tertiary/aromatic N) is 3. The van der Waals surface area contributed by atoms with E-state index in [9.17, 15) is 13.2 Å². The highest BCUT2D eigenvalue weighted by Gasteiger charge is 2.29. The Hall–Kier alpha value is -3.98. The van der Waals surface area contributed by atoms with Gasteiger partial charge in [0, 0.05) is 17.7 Å². The standard InChI is InChI=1S/C27H26N4O4S/c1-17-15-22(16-18(2)19(17)3)26-29-30-27(35-26)28-25(32)21-10-12-23(13-11-21)36(33,34)31-14-6-8-20-7-4-5-9-24(20)31/h4-5,7,9-13,15-16H,6,8,14H2,1-3H3,(H,28,30,32). The van der Waals surface area contributed by atoms with Crippen molar-refractivity contribution in [1.29, 1.82) is 0 Å². The summed E-state index contributed by atoms with van der Waals surface area (Å²) < 4.78 is 33.7. The first kappa shape index (κ1) is 23.7. The molecule has 2 heterocycles. The number of hydrogen-bond donors (Lipinski definition) is 1. The summed E-state index contributed by atoms with van der Waals surface area (Å²) in [5, 5.41) is 10.6. The summed E-state index contributed by atoms with van der Waals surface area (Å²) in [5.41, 5.74) is 6.18. The fourth-order valence-corrected chi connectivity index (χ4v) is 5.91. The predicted molar refractivity (Wildman–Crippen MR) is 138 cm³/mol. The third-order valence-corrected chi connectivity index (χ3v) is 8.42. The fourth-order valence-electron chi connectivity index (χ4n) is 4.37. The van der Waals surface area contributed by atoms with Crippen molar-refractivity contribution in [3.8, 4) is 11.5 Å². The van der Waals surface area contributed by atoms with Crippen LogP contribution >= 0.6 is 0 Å². The molecule has 1 aliphatic heterocycles. The minimum atomic E-state index is -3.75. The number of carbonyl (C=O) groups is 1. The second kappa shape index (κ2) is 9.23. The Kier molecular flexibility index (Phi) is 6.09. The van der Waals surface area contributed by atoms with Gasteiger partial charge in [0.2, 0.25) is 5.89 Å². The molecule has 0 saturated carbocycles. The van der Waals surface area contributed by atoms with Crippen LogP contribution in [0.3, 0.4) is 0 Å². The Bertz CT molecular complexity index is 1540. The predicted octanol–water partition coefficient (Wildman–Crippen LogP) is 5.06. The number of carbonyl (C=O) groups excluding carboxylic acids is 1. The lowest BCUT2D eigenvalue weighted by Gasteiger charge is -2.30. The summed E-state index contributed by atoms with van der Waals surface area (Å²) in [4.78, 5) is 12.9. The van der Waals surface area contributed by atoms with E-state index in [-0.39, 0.29) is 16.5 Å². The second-order valence-electron chi connectivity index (χ2n) is 8.94. The molecule has 3 aromatic carbocycles. The topological polar surface area (TPSA) is 105 Å². The first-order chi connectivity index (χ1) is 17.2. The minimum absolute atomic E-state index is 0.0347. The van der Waals surface area contributed by atoms with E-state index in [0.29, 0.717) is 18.1 Å². The van der Waals surface area contributed by atoms with Crippen LogP contribution in [0.5, 0.6) is 0 Å². The van der Waals surface area contributed by atoms with Crippen LogP contribution in [0.1, 0.15) is 39.0 Å². The average molecular weight is 503 g/mol. The molecule has 8 nitrogen and oxygen atoms in total. The van der Waals surface area contributed by atoms with Gasteiger partial charge in [-0.3, -0.25) is 14.4 Å². The monoisotopic (exact) mass is 502 g/mol. The number of aromatic nitrogens is 2. The maximum absolute atomic E-state index is 13.3. The van der Waals surface area contributed by atoms with Gasteiger partial charge in [-0.25, -0.2) is 8.42 Å². The highest BCUT2D eigenvalue weighted by atomic mass is 32.2. The maximum Gasteiger partial charge on any atom is 0.322 e. The smallest absolute Gasteiger partial charge is 0.322 e. The first-order valence-corrected chi connectivity index (χ1v) is 13.1. The van der Waals surface area contributed by atoms with Crippen molar-refractivity contribution in [2.75, 3.05) is 16.2 Å². The molecule has 4 aromatic rings. The molecule has 0 atom stereocenters. The largest absolute Gasteiger partial charge is 0.403 e.